The SMILES string of the molecule is C(=Cc1ccc(N(c2ccc(-c3c4ccccc4c(-c4ccc(N(c5ccc(C=Cc6ccccc6)cc5)c5cccc6ccccc56)cc4)c4cc5ccccc5cc34)cc2)c2cccc3ccccc23)cc1)c1ccccc1. The molecule has 0 bridgehead atoms. The van der Waals surface area contributed by atoms with Gasteiger partial charge in [-0.15, -0.1) is 0 Å². The van der Waals surface area contributed by atoms with E-state index < -0.39 is 0 Å². The van der Waals surface area contributed by atoms with Gasteiger partial charge in [0.25, 0.3) is 0 Å². The molecule has 14 aromatic rings. The third-order valence-electron chi connectivity index (χ3n) is 15.6. The zero-order chi connectivity index (χ0) is 53.2. The van der Waals surface area contributed by atoms with Crippen molar-refractivity contribution in [2.45, 2.75) is 0 Å². The summed E-state index contributed by atoms with van der Waals surface area (Å²) in [6.45, 7) is 0. The molecular weight excluding hydrogens is 965 g/mol. The first-order valence-electron chi connectivity index (χ1n) is 27.5. The Hall–Kier alpha value is -10.5. The topological polar surface area (TPSA) is 6.48 Å². The summed E-state index contributed by atoms with van der Waals surface area (Å²) < 4.78 is 0. The smallest absolute Gasteiger partial charge is 0.0540 e. The van der Waals surface area contributed by atoms with Crippen LogP contribution in [0, 0.1) is 0 Å². The molecule has 14 aromatic carbocycles. The second-order valence-corrected chi connectivity index (χ2v) is 20.5. The first-order valence-corrected chi connectivity index (χ1v) is 27.5. The summed E-state index contributed by atoms with van der Waals surface area (Å²) in [5.41, 5.74) is 16.0. The van der Waals surface area contributed by atoms with E-state index >= 15 is 0 Å². The van der Waals surface area contributed by atoms with Gasteiger partial charge in [-0.3, -0.25) is 0 Å². The molecule has 0 aromatic heterocycles. The molecule has 0 aliphatic heterocycles. The number of hydrogen-bond donors (Lipinski definition) is 0. The molecule has 14 rings (SSSR count). The summed E-state index contributed by atoms with van der Waals surface area (Å²) in [5.74, 6) is 0. The molecule has 0 heterocycles. The molecule has 2 nitrogen and oxygen atoms in total. The van der Waals surface area contributed by atoms with Gasteiger partial charge in [0.05, 0.1) is 11.4 Å². The number of anilines is 6. The Labute approximate surface area is 467 Å². The maximum Gasteiger partial charge on any atom is 0.0540 e. The predicted octanol–water partition coefficient (Wildman–Crippen LogP) is 22.1. The van der Waals surface area contributed by atoms with Crippen molar-refractivity contribution in [3.05, 3.63) is 326 Å². The lowest BCUT2D eigenvalue weighted by atomic mass is 9.85. The summed E-state index contributed by atoms with van der Waals surface area (Å²) in [4.78, 5) is 4.79. The molecule has 0 amide bonds. The minimum absolute atomic E-state index is 1.09. The number of hydrogen-bond acceptors (Lipinski definition) is 2. The van der Waals surface area contributed by atoms with Crippen LogP contribution in [0.4, 0.5) is 34.1 Å². The van der Waals surface area contributed by atoms with E-state index in [9.17, 15) is 0 Å². The highest BCUT2D eigenvalue weighted by Gasteiger charge is 2.21. The average molecular weight is 1020 g/mol. The van der Waals surface area contributed by atoms with Crippen molar-refractivity contribution >= 4 is 112 Å². The molecular formula is C78H54N2. The van der Waals surface area contributed by atoms with Gasteiger partial charge in [-0.05, 0) is 160 Å². The number of rotatable bonds is 12. The van der Waals surface area contributed by atoms with Crippen LogP contribution >= 0.6 is 0 Å². The van der Waals surface area contributed by atoms with Crippen molar-refractivity contribution in [2.75, 3.05) is 9.80 Å². The van der Waals surface area contributed by atoms with Gasteiger partial charge in [0.15, 0.2) is 0 Å². The Morgan fingerprint density at radius 3 is 0.863 bits per heavy atom. The standard InChI is InChI=1S/C78H54N2/c1-3-17-55(18-4-1)33-35-57-37-45-65(46-38-57)79(75-31-15-25-59-21-9-11-27-69(59)75)67-49-41-61(42-50-67)77-71-29-13-14-30-72(71)78(74-54-64-24-8-7-23-63(64)53-73(74)77)62-43-51-68(52-44-62)80(76-32-16-26-60-22-10-12-28-70(60)76)66-47-39-58(40-48-66)36-34-56-19-5-2-6-20-56/h1-54H. The van der Waals surface area contributed by atoms with Crippen LogP contribution in [0.25, 0.3) is 100 Å². The molecule has 0 saturated heterocycles. The zero-order valence-corrected chi connectivity index (χ0v) is 44.1. The quantitative estimate of drug-likeness (QED) is 0.0889. The maximum atomic E-state index is 2.41. The lowest BCUT2D eigenvalue weighted by Crippen LogP contribution is -2.10. The molecule has 0 fully saturated rings. The molecule has 0 radical (unpaired) electrons. The second-order valence-electron chi connectivity index (χ2n) is 20.5. The molecule has 0 unspecified atom stereocenters. The predicted molar refractivity (Wildman–Crippen MR) is 345 cm³/mol. The third-order valence-corrected chi connectivity index (χ3v) is 15.6. The van der Waals surface area contributed by atoms with Gasteiger partial charge in [-0.25, -0.2) is 0 Å². The number of benzene rings is 14. The largest absolute Gasteiger partial charge is 0.310 e. The number of fused-ring (bicyclic) bond motifs is 5. The summed E-state index contributed by atoms with van der Waals surface area (Å²) >= 11 is 0. The van der Waals surface area contributed by atoms with E-state index in [-0.39, 0.29) is 0 Å². The van der Waals surface area contributed by atoms with Gasteiger partial charge in [0.2, 0.25) is 0 Å². The van der Waals surface area contributed by atoms with E-state index in [1.807, 2.05) is 0 Å². The summed E-state index contributed by atoms with van der Waals surface area (Å²) in [6, 6.07) is 110. The zero-order valence-electron chi connectivity index (χ0n) is 44.1. The fourth-order valence-corrected chi connectivity index (χ4v) is 11.7. The van der Waals surface area contributed by atoms with Crippen LogP contribution in [0.15, 0.2) is 303 Å². The summed E-state index contributed by atoms with van der Waals surface area (Å²) in [6.07, 6.45) is 8.71. The fraction of sp³-hybridized carbons (Fsp3) is 0. The fourth-order valence-electron chi connectivity index (χ4n) is 11.7. The third kappa shape index (κ3) is 9.25. The lowest BCUT2D eigenvalue weighted by molar-refractivity contribution is 1.30. The summed E-state index contributed by atoms with van der Waals surface area (Å²) in [7, 11) is 0. The Morgan fingerprint density at radius 2 is 0.487 bits per heavy atom. The van der Waals surface area contributed by atoms with Crippen LogP contribution in [0.3, 0.4) is 0 Å². The molecule has 0 aliphatic carbocycles. The first-order chi connectivity index (χ1) is 39.7. The van der Waals surface area contributed by atoms with E-state index in [1.165, 1.54) is 87.2 Å². The molecule has 376 valence electrons. The molecule has 0 N–H and O–H groups in total. The molecule has 0 saturated carbocycles. The van der Waals surface area contributed by atoms with Crippen molar-refractivity contribution in [1.29, 1.82) is 0 Å². The highest BCUT2D eigenvalue weighted by molar-refractivity contribution is 6.23. The Morgan fingerprint density at radius 1 is 0.200 bits per heavy atom. The molecule has 80 heavy (non-hydrogen) atoms. The Kier molecular flexibility index (Phi) is 12.6. The van der Waals surface area contributed by atoms with Crippen LogP contribution in [0.5, 0.6) is 0 Å². The van der Waals surface area contributed by atoms with Crippen molar-refractivity contribution < 1.29 is 0 Å². The van der Waals surface area contributed by atoms with Crippen LogP contribution in [-0.2, 0) is 0 Å². The van der Waals surface area contributed by atoms with E-state index in [2.05, 4.69) is 337 Å². The average Bonchev–Trinajstić information content (AvgIpc) is 3.56. The van der Waals surface area contributed by atoms with E-state index in [4.69, 9.17) is 0 Å². The Balaban J connectivity index is 0.880. The van der Waals surface area contributed by atoms with Crippen LogP contribution in [0.2, 0.25) is 0 Å². The first kappa shape index (κ1) is 47.9. The molecule has 2 heteroatoms. The number of nitrogens with zero attached hydrogens (tertiary/aromatic N) is 2. The Bertz CT molecular complexity index is 4290. The van der Waals surface area contributed by atoms with Crippen molar-refractivity contribution in [3.8, 4) is 22.3 Å². The van der Waals surface area contributed by atoms with E-state index in [0.29, 0.717) is 0 Å². The molecule has 0 spiro atoms. The van der Waals surface area contributed by atoms with Gasteiger partial charge >= 0.3 is 0 Å². The van der Waals surface area contributed by atoms with Gasteiger partial charge in [-0.2, -0.15) is 0 Å². The van der Waals surface area contributed by atoms with Gasteiger partial charge in [0, 0.05) is 33.5 Å². The van der Waals surface area contributed by atoms with Crippen molar-refractivity contribution in [2.24, 2.45) is 0 Å². The molecule has 0 atom stereocenters. The van der Waals surface area contributed by atoms with Crippen molar-refractivity contribution in [1.82, 2.24) is 0 Å². The molecule has 0 aliphatic rings. The lowest BCUT2D eigenvalue weighted by Gasteiger charge is -2.27. The monoisotopic (exact) mass is 1020 g/mol. The van der Waals surface area contributed by atoms with Gasteiger partial charge in [0.1, 0.15) is 0 Å². The van der Waals surface area contributed by atoms with E-state index in [0.717, 1.165) is 45.3 Å². The van der Waals surface area contributed by atoms with Gasteiger partial charge in [-0.1, -0.05) is 255 Å². The summed E-state index contributed by atoms with van der Waals surface area (Å²) in [5, 5.41) is 12.1. The van der Waals surface area contributed by atoms with Crippen LogP contribution in [-0.4, -0.2) is 0 Å². The van der Waals surface area contributed by atoms with Crippen LogP contribution < -0.4 is 9.80 Å². The highest BCUT2D eigenvalue weighted by Crippen LogP contribution is 2.48. The minimum atomic E-state index is 1.09. The normalized spacial score (nSPS) is 11.7. The van der Waals surface area contributed by atoms with Gasteiger partial charge < -0.3 is 9.80 Å². The minimum Gasteiger partial charge on any atom is -0.310 e. The van der Waals surface area contributed by atoms with Crippen LogP contribution in [0.1, 0.15) is 22.3 Å². The maximum absolute atomic E-state index is 2.41. The second kappa shape index (κ2) is 21.1. The highest BCUT2D eigenvalue weighted by atomic mass is 15.1. The van der Waals surface area contributed by atoms with Crippen molar-refractivity contribution in [3.63, 3.8) is 0 Å². The van der Waals surface area contributed by atoms with E-state index in [1.54, 1.807) is 0 Å².